The average Bonchev–Trinajstić information content (AvgIpc) is 2.59. The van der Waals surface area contributed by atoms with Crippen LogP contribution >= 0.6 is 0 Å². The second-order valence-corrected chi connectivity index (χ2v) is 3.55. The van der Waals surface area contributed by atoms with Crippen molar-refractivity contribution in [2.75, 3.05) is 0 Å². The van der Waals surface area contributed by atoms with E-state index in [1.165, 1.54) is 0 Å². The molecule has 15 heavy (non-hydrogen) atoms. The van der Waals surface area contributed by atoms with Crippen molar-refractivity contribution >= 4 is 16.9 Å². The molecule has 1 atom stereocenters. The van der Waals surface area contributed by atoms with Crippen molar-refractivity contribution in [3.63, 3.8) is 0 Å². The summed E-state index contributed by atoms with van der Waals surface area (Å²) in [5.74, 6) is -1.45. The van der Waals surface area contributed by atoms with Crippen LogP contribution in [0.2, 0.25) is 0 Å². The van der Waals surface area contributed by atoms with Crippen molar-refractivity contribution in [1.82, 2.24) is 5.16 Å². The van der Waals surface area contributed by atoms with Gasteiger partial charge < -0.3 is 9.63 Å². The van der Waals surface area contributed by atoms with Crippen LogP contribution in [0.5, 0.6) is 0 Å². The summed E-state index contributed by atoms with van der Waals surface area (Å²) >= 11 is 0. The number of aromatic nitrogens is 1. The second-order valence-electron chi connectivity index (χ2n) is 3.55. The minimum absolute atomic E-state index is 0.574. The molecule has 0 aliphatic heterocycles. The first-order valence-electron chi connectivity index (χ1n) is 4.69. The zero-order valence-corrected chi connectivity index (χ0v) is 8.52. The fraction of sp³-hybridized carbons (Fsp3) is 0.273. The molecule has 2 rings (SSSR count). The molecule has 1 N–H and O–H groups in total. The largest absolute Gasteiger partial charge is 0.481 e. The van der Waals surface area contributed by atoms with Crippen molar-refractivity contribution in [3.8, 4) is 0 Å². The number of hydrogen-bond donors (Lipinski definition) is 1. The minimum atomic E-state index is -0.864. The standard InChI is InChI=1S/C11H11NO3/c1-6(11(13)14)8-4-3-5-9-7(2)12-15-10(8)9/h3-6H,1-2H3,(H,13,14). The van der Waals surface area contributed by atoms with Crippen molar-refractivity contribution < 1.29 is 14.4 Å². The fourth-order valence-electron chi connectivity index (χ4n) is 1.58. The maximum Gasteiger partial charge on any atom is 0.310 e. The van der Waals surface area contributed by atoms with Gasteiger partial charge in [0.25, 0.3) is 0 Å². The Morgan fingerprint density at radius 3 is 2.93 bits per heavy atom. The SMILES string of the molecule is Cc1noc2c(C(C)C(=O)O)cccc12. The maximum absolute atomic E-state index is 10.9. The average molecular weight is 205 g/mol. The normalized spacial score (nSPS) is 12.9. The lowest BCUT2D eigenvalue weighted by Crippen LogP contribution is -2.07. The predicted octanol–water partition coefficient (Wildman–Crippen LogP) is 2.32. The molecule has 0 saturated carbocycles. The van der Waals surface area contributed by atoms with Crippen molar-refractivity contribution in [3.05, 3.63) is 29.5 Å². The van der Waals surface area contributed by atoms with Gasteiger partial charge in [-0.3, -0.25) is 4.79 Å². The van der Waals surface area contributed by atoms with Gasteiger partial charge in [-0.1, -0.05) is 17.3 Å². The van der Waals surface area contributed by atoms with E-state index in [1.54, 1.807) is 13.0 Å². The smallest absolute Gasteiger partial charge is 0.310 e. The Labute approximate surface area is 86.5 Å². The number of fused-ring (bicyclic) bond motifs is 1. The molecular formula is C11H11NO3. The van der Waals surface area contributed by atoms with Gasteiger partial charge in [-0.15, -0.1) is 0 Å². The summed E-state index contributed by atoms with van der Waals surface area (Å²) < 4.78 is 5.14. The number of rotatable bonds is 2. The van der Waals surface area contributed by atoms with Crippen molar-refractivity contribution in [2.24, 2.45) is 0 Å². The maximum atomic E-state index is 10.9. The molecule has 0 fully saturated rings. The Balaban J connectivity index is 2.66. The van der Waals surface area contributed by atoms with E-state index in [0.717, 1.165) is 11.1 Å². The molecule has 1 unspecified atom stereocenters. The zero-order chi connectivity index (χ0) is 11.0. The van der Waals surface area contributed by atoms with Crippen LogP contribution in [-0.4, -0.2) is 16.2 Å². The lowest BCUT2D eigenvalue weighted by molar-refractivity contribution is -0.138. The number of carboxylic acids is 1. The third-order valence-corrected chi connectivity index (χ3v) is 2.55. The molecule has 0 aliphatic rings. The van der Waals surface area contributed by atoms with Gasteiger partial charge in [-0.05, 0) is 19.9 Å². The highest BCUT2D eigenvalue weighted by molar-refractivity contribution is 5.87. The number of hydrogen-bond acceptors (Lipinski definition) is 3. The number of aryl methyl sites for hydroxylation is 1. The number of carboxylic acid groups (broad SMARTS) is 1. The first kappa shape index (κ1) is 9.71. The van der Waals surface area contributed by atoms with Crippen molar-refractivity contribution in [2.45, 2.75) is 19.8 Å². The first-order chi connectivity index (χ1) is 7.11. The Kier molecular flexibility index (Phi) is 2.19. The van der Waals surface area contributed by atoms with E-state index >= 15 is 0 Å². The molecule has 0 amide bonds. The molecule has 0 bridgehead atoms. The highest BCUT2D eigenvalue weighted by Gasteiger charge is 2.19. The molecule has 0 aliphatic carbocycles. The van der Waals surface area contributed by atoms with Crippen molar-refractivity contribution in [1.29, 1.82) is 0 Å². The van der Waals surface area contributed by atoms with E-state index in [4.69, 9.17) is 9.63 Å². The van der Waals surface area contributed by atoms with Crippen LogP contribution in [-0.2, 0) is 4.79 Å². The van der Waals surface area contributed by atoms with Crippen LogP contribution < -0.4 is 0 Å². The third-order valence-electron chi connectivity index (χ3n) is 2.55. The van der Waals surface area contributed by atoms with Gasteiger partial charge in [0.15, 0.2) is 5.58 Å². The molecule has 4 nitrogen and oxygen atoms in total. The van der Waals surface area contributed by atoms with Gasteiger partial charge in [0.05, 0.1) is 11.6 Å². The van der Waals surface area contributed by atoms with Crippen LogP contribution in [0.3, 0.4) is 0 Å². The second kappa shape index (κ2) is 3.38. The Hall–Kier alpha value is -1.84. The molecule has 0 radical (unpaired) electrons. The number of carbonyl (C=O) groups is 1. The third kappa shape index (κ3) is 1.48. The van der Waals surface area contributed by atoms with Gasteiger partial charge in [0, 0.05) is 10.9 Å². The highest BCUT2D eigenvalue weighted by atomic mass is 16.5. The molecule has 1 heterocycles. The quantitative estimate of drug-likeness (QED) is 0.817. The molecule has 1 aromatic heterocycles. The lowest BCUT2D eigenvalue weighted by Gasteiger charge is -2.05. The van der Waals surface area contributed by atoms with Crippen LogP contribution in [0.25, 0.3) is 11.0 Å². The lowest BCUT2D eigenvalue weighted by atomic mass is 9.99. The summed E-state index contributed by atoms with van der Waals surface area (Å²) in [5.41, 5.74) is 2.02. The van der Waals surface area contributed by atoms with Crippen LogP contribution in [0.4, 0.5) is 0 Å². The first-order valence-corrected chi connectivity index (χ1v) is 4.69. The number of benzene rings is 1. The Bertz CT molecular complexity index is 516. The molecular weight excluding hydrogens is 194 g/mol. The Morgan fingerprint density at radius 2 is 2.27 bits per heavy atom. The minimum Gasteiger partial charge on any atom is -0.481 e. The fourth-order valence-corrected chi connectivity index (χ4v) is 1.58. The molecule has 1 aromatic carbocycles. The van der Waals surface area contributed by atoms with E-state index in [1.807, 2.05) is 19.1 Å². The van der Waals surface area contributed by atoms with Crippen LogP contribution in [0.15, 0.2) is 22.7 Å². The topological polar surface area (TPSA) is 63.3 Å². The molecule has 0 saturated heterocycles. The zero-order valence-electron chi connectivity index (χ0n) is 8.52. The monoisotopic (exact) mass is 205 g/mol. The summed E-state index contributed by atoms with van der Waals surface area (Å²) in [4.78, 5) is 10.9. The molecule has 78 valence electrons. The Morgan fingerprint density at radius 1 is 1.53 bits per heavy atom. The van der Waals surface area contributed by atoms with Crippen LogP contribution in [0, 0.1) is 6.92 Å². The highest BCUT2D eigenvalue weighted by Crippen LogP contribution is 2.27. The van der Waals surface area contributed by atoms with Gasteiger partial charge >= 0.3 is 5.97 Å². The van der Waals surface area contributed by atoms with E-state index in [2.05, 4.69) is 5.16 Å². The number of para-hydroxylation sites is 1. The van der Waals surface area contributed by atoms with E-state index in [9.17, 15) is 4.79 Å². The molecule has 4 heteroatoms. The van der Waals surface area contributed by atoms with E-state index < -0.39 is 11.9 Å². The summed E-state index contributed by atoms with van der Waals surface area (Å²) in [6.45, 7) is 3.47. The molecule has 2 aromatic rings. The number of nitrogens with zero attached hydrogens (tertiary/aromatic N) is 1. The predicted molar refractivity (Wildman–Crippen MR) is 54.8 cm³/mol. The summed E-state index contributed by atoms with van der Waals surface area (Å²) in [5, 5.41) is 13.6. The van der Waals surface area contributed by atoms with Crippen LogP contribution in [0.1, 0.15) is 24.1 Å². The van der Waals surface area contributed by atoms with E-state index in [0.29, 0.717) is 11.1 Å². The summed E-state index contributed by atoms with van der Waals surface area (Å²) in [6, 6.07) is 5.45. The summed E-state index contributed by atoms with van der Waals surface area (Å²) in [7, 11) is 0. The van der Waals surface area contributed by atoms with E-state index in [-0.39, 0.29) is 0 Å². The molecule has 0 spiro atoms. The summed E-state index contributed by atoms with van der Waals surface area (Å²) in [6.07, 6.45) is 0. The van der Waals surface area contributed by atoms with Gasteiger partial charge in [0.1, 0.15) is 0 Å². The van der Waals surface area contributed by atoms with Gasteiger partial charge in [-0.2, -0.15) is 0 Å². The van der Waals surface area contributed by atoms with Gasteiger partial charge in [0.2, 0.25) is 0 Å². The number of aliphatic carboxylic acids is 1. The van der Waals surface area contributed by atoms with Gasteiger partial charge in [-0.25, -0.2) is 0 Å².